The zero-order valence-electron chi connectivity index (χ0n) is 12.3. The Morgan fingerprint density at radius 3 is 2.57 bits per heavy atom. The molecule has 0 radical (unpaired) electrons. The van der Waals surface area contributed by atoms with Crippen LogP contribution in [0, 0.1) is 5.82 Å². The second-order valence-electron chi connectivity index (χ2n) is 5.12. The predicted molar refractivity (Wildman–Crippen MR) is 89.1 cm³/mol. The highest BCUT2D eigenvalue weighted by atomic mass is 79.9. The van der Waals surface area contributed by atoms with Gasteiger partial charge in [0.15, 0.2) is 0 Å². The minimum absolute atomic E-state index is 0.0164. The number of benzene rings is 2. The third kappa shape index (κ3) is 5.17. The molecule has 0 bridgehead atoms. The summed E-state index contributed by atoms with van der Waals surface area (Å²) in [7, 11) is 0. The largest absolute Gasteiger partial charge is 0.368 e. The molecule has 4 nitrogen and oxygen atoms in total. The van der Waals surface area contributed by atoms with Crippen LogP contribution in [0.2, 0.25) is 0 Å². The van der Waals surface area contributed by atoms with Gasteiger partial charge in [0.05, 0.1) is 6.42 Å². The molecule has 2 amide bonds. The molecule has 23 heavy (non-hydrogen) atoms. The monoisotopic (exact) mass is 378 g/mol. The van der Waals surface area contributed by atoms with Gasteiger partial charge in [-0.05, 0) is 29.3 Å². The van der Waals surface area contributed by atoms with E-state index >= 15 is 0 Å². The Balaban J connectivity index is 2.03. The van der Waals surface area contributed by atoms with E-state index in [1.165, 1.54) is 18.2 Å². The summed E-state index contributed by atoms with van der Waals surface area (Å²) in [5, 5.41) is 2.60. The highest BCUT2D eigenvalue weighted by molar-refractivity contribution is 9.10. The predicted octanol–water partition coefficient (Wildman–Crippen LogP) is 2.34. The van der Waals surface area contributed by atoms with Gasteiger partial charge in [-0.3, -0.25) is 9.59 Å². The molecule has 0 heterocycles. The van der Waals surface area contributed by atoms with E-state index in [2.05, 4.69) is 21.2 Å². The molecule has 0 saturated heterocycles. The Kier molecular flexibility index (Phi) is 5.87. The first-order valence-corrected chi connectivity index (χ1v) is 7.81. The van der Waals surface area contributed by atoms with E-state index in [0.29, 0.717) is 5.56 Å². The number of hydrogen-bond acceptors (Lipinski definition) is 2. The van der Waals surface area contributed by atoms with Gasteiger partial charge in [0.2, 0.25) is 11.8 Å². The third-order valence-electron chi connectivity index (χ3n) is 3.31. The normalized spacial score (nSPS) is 11.7. The van der Waals surface area contributed by atoms with Crippen LogP contribution in [0.5, 0.6) is 0 Å². The molecule has 0 aliphatic rings. The standard InChI is InChI=1S/C17H16BrFN2O2/c18-14-7-2-1-5-12(14)10-15(17(20)23)21-16(22)9-11-4-3-6-13(19)8-11/h1-8,15H,9-10H2,(H2,20,23)(H,21,22)/t15-/m0/s1. The molecule has 2 aromatic rings. The second kappa shape index (κ2) is 7.87. The lowest BCUT2D eigenvalue weighted by Gasteiger charge is -2.16. The summed E-state index contributed by atoms with van der Waals surface area (Å²) in [5.41, 5.74) is 6.77. The van der Waals surface area contributed by atoms with E-state index in [4.69, 9.17) is 5.73 Å². The van der Waals surface area contributed by atoms with Gasteiger partial charge in [-0.15, -0.1) is 0 Å². The van der Waals surface area contributed by atoms with Gasteiger partial charge < -0.3 is 11.1 Å². The summed E-state index contributed by atoms with van der Waals surface area (Å²) >= 11 is 3.40. The summed E-state index contributed by atoms with van der Waals surface area (Å²) in [6.07, 6.45) is 0.267. The van der Waals surface area contributed by atoms with Crippen molar-refractivity contribution in [3.63, 3.8) is 0 Å². The van der Waals surface area contributed by atoms with Gasteiger partial charge >= 0.3 is 0 Å². The number of carbonyl (C=O) groups excluding carboxylic acids is 2. The van der Waals surface area contributed by atoms with Crippen molar-refractivity contribution in [3.05, 3.63) is 69.9 Å². The maximum absolute atomic E-state index is 13.1. The Bertz CT molecular complexity index is 721. The van der Waals surface area contributed by atoms with Crippen molar-refractivity contribution in [2.75, 3.05) is 0 Å². The van der Waals surface area contributed by atoms with Crippen LogP contribution in [0.3, 0.4) is 0 Å². The molecule has 0 aromatic heterocycles. The number of nitrogens with one attached hydrogen (secondary N) is 1. The van der Waals surface area contributed by atoms with Crippen LogP contribution in [0.4, 0.5) is 4.39 Å². The molecular weight excluding hydrogens is 363 g/mol. The van der Waals surface area contributed by atoms with Crippen LogP contribution in [0.25, 0.3) is 0 Å². The van der Waals surface area contributed by atoms with E-state index in [-0.39, 0.29) is 18.7 Å². The fourth-order valence-electron chi connectivity index (χ4n) is 2.18. The Morgan fingerprint density at radius 1 is 1.17 bits per heavy atom. The van der Waals surface area contributed by atoms with Crippen molar-refractivity contribution >= 4 is 27.7 Å². The first-order chi connectivity index (χ1) is 11.0. The van der Waals surface area contributed by atoms with Crippen molar-refractivity contribution in [2.24, 2.45) is 5.73 Å². The zero-order chi connectivity index (χ0) is 16.8. The summed E-state index contributed by atoms with van der Waals surface area (Å²) in [5.74, 6) is -1.41. The van der Waals surface area contributed by atoms with E-state index in [1.807, 2.05) is 24.3 Å². The second-order valence-corrected chi connectivity index (χ2v) is 5.98. The first kappa shape index (κ1) is 17.1. The van der Waals surface area contributed by atoms with E-state index in [9.17, 15) is 14.0 Å². The topological polar surface area (TPSA) is 72.2 Å². The lowest BCUT2D eigenvalue weighted by atomic mass is 10.0. The molecular formula is C17H16BrFN2O2. The summed E-state index contributed by atoms with van der Waals surface area (Å²) in [4.78, 5) is 23.7. The van der Waals surface area contributed by atoms with Crippen molar-refractivity contribution in [1.82, 2.24) is 5.32 Å². The molecule has 0 unspecified atom stereocenters. The maximum Gasteiger partial charge on any atom is 0.240 e. The van der Waals surface area contributed by atoms with Gasteiger partial charge in [-0.25, -0.2) is 4.39 Å². The molecule has 2 rings (SSSR count). The molecule has 6 heteroatoms. The molecule has 2 aromatic carbocycles. The highest BCUT2D eigenvalue weighted by Crippen LogP contribution is 2.17. The lowest BCUT2D eigenvalue weighted by Crippen LogP contribution is -2.46. The van der Waals surface area contributed by atoms with Gasteiger partial charge in [-0.1, -0.05) is 46.3 Å². The van der Waals surface area contributed by atoms with E-state index in [1.54, 1.807) is 6.07 Å². The Hall–Kier alpha value is -2.21. The van der Waals surface area contributed by atoms with Crippen LogP contribution in [-0.4, -0.2) is 17.9 Å². The van der Waals surface area contributed by atoms with Crippen molar-refractivity contribution in [1.29, 1.82) is 0 Å². The summed E-state index contributed by atoms with van der Waals surface area (Å²) in [6, 6.07) is 12.3. The molecule has 1 atom stereocenters. The fraction of sp³-hybridized carbons (Fsp3) is 0.176. The van der Waals surface area contributed by atoms with Crippen LogP contribution in [-0.2, 0) is 22.4 Å². The van der Waals surface area contributed by atoms with Gasteiger partial charge in [0.25, 0.3) is 0 Å². The molecule has 0 fully saturated rings. The molecule has 0 saturated carbocycles. The Labute approximate surface area is 142 Å². The minimum Gasteiger partial charge on any atom is -0.368 e. The number of amides is 2. The third-order valence-corrected chi connectivity index (χ3v) is 4.09. The summed E-state index contributed by atoms with van der Waals surface area (Å²) in [6.45, 7) is 0. The van der Waals surface area contributed by atoms with Gasteiger partial charge in [0.1, 0.15) is 11.9 Å². The van der Waals surface area contributed by atoms with Crippen LogP contribution >= 0.6 is 15.9 Å². The number of carbonyl (C=O) groups is 2. The average molecular weight is 379 g/mol. The smallest absolute Gasteiger partial charge is 0.240 e. The average Bonchev–Trinajstić information content (AvgIpc) is 2.48. The number of primary amides is 1. The number of halogens is 2. The molecule has 0 aliphatic carbocycles. The van der Waals surface area contributed by atoms with Crippen LogP contribution in [0.1, 0.15) is 11.1 Å². The fourth-order valence-corrected chi connectivity index (χ4v) is 2.63. The van der Waals surface area contributed by atoms with Gasteiger partial charge in [0, 0.05) is 10.9 Å². The molecule has 0 aliphatic heterocycles. The first-order valence-electron chi connectivity index (χ1n) is 7.02. The summed E-state index contributed by atoms with van der Waals surface area (Å²) < 4.78 is 14.0. The SMILES string of the molecule is NC(=O)[C@H](Cc1ccccc1Br)NC(=O)Cc1cccc(F)c1. The van der Waals surface area contributed by atoms with Crippen LogP contribution < -0.4 is 11.1 Å². The quantitative estimate of drug-likeness (QED) is 0.809. The molecule has 3 N–H and O–H groups in total. The van der Waals surface area contributed by atoms with Crippen LogP contribution in [0.15, 0.2) is 53.0 Å². The zero-order valence-corrected chi connectivity index (χ0v) is 13.8. The number of nitrogens with two attached hydrogens (primary N) is 1. The van der Waals surface area contributed by atoms with Gasteiger partial charge in [-0.2, -0.15) is 0 Å². The lowest BCUT2D eigenvalue weighted by molar-refractivity contribution is -0.127. The number of rotatable bonds is 6. The highest BCUT2D eigenvalue weighted by Gasteiger charge is 2.19. The van der Waals surface area contributed by atoms with Crippen molar-refractivity contribution in [2.45, 2.75) is 18.9 Å². The molecule has 120 valence electrons. The van der Waals surface area contributed by atoms with E-state index < -0.39 is 17.8 Å². The minimum atomic E-state index is -0.824. The molecule has 0 spiro atoms. The number of hydrogen-bond donors (Lipinski definition) is 2. The van der Waals surface area contributed by atoms with E-state index in [0.717, 1.165) is 10.0 Å². The van der Waals surface area contributed by atoms with Crippen molar-refractivity contribution < 1.29 is 14.0 Å². The van der Waals surface area contributed by atoms with Crippen molar-refractivity contribution in [3.8, 4) is 0 Å². The Morgan fingerprint density at radius 2 is 1.91 bits per heavy atom. The maximum atomic E-state index is 13.1.